The molecule has 0 aliphatic carbocycles. The van der Waals surface area contributed by atoms with E-state index >= 15 is 0 Å². The molecular formula is C16H18F3N3O3. The first-order valence-electron chi connectivity index (χ1n) is 7.54. The summed E-state index contributed by atoms with van der Waals surface area (Å²) in [5.74, 6) is -1.26. The number of hydrogen-bond acceptors (Lipinski definition) is 5. The zero-order valence-corrected chi connectivity index (χ0v) is 13.9. The summed E-state index contributed by atoms with van der Waals surface area (Å²) in [5.41, 5.74) is -0.601. The average Bonchev–Trinajstić information content (AvgIpc) is 3.03. The van der Waals surface area contributed by atoms with Gasteiger partial charge in [-0.15, -0.1) is 0 Å². The van der Waals surface area contributed by atoms with Gasteiger partial charge in [0.1, 0.15) is 0 Å². The summed E-state index contributed by atoms with van der Waals surface area (Å²) in [6.45, 7) is 3.59. The first-order valence-corrected chi connectivity index (χ1v) is 7.54. The fourth-order valence-electron chi connectivity index (χ4n) is 2.21. The van der Waals surface area contributed by atoms with Crippen molar-refractivity contribution in [2.75, 3.05) is 13.6 Å². The van der Waals surface area contributed by atoms with Gasteiger partial charge >= 0.3 is 12.1 Å². The predicted molar refractivity (Wildman–Crippen MR) is 82.6 cm³/mol. The van der Waals surface area contributed by atoms with E-state index in [0.29, 0.717) is 0 Å². The molecule has 1 aromatic carbocycles. The Labute approximate surface area is 142 Å². The number of nitrogens with zero attached hydrogens (tertiary/aromatic N) is 3. The number of hydrogen-bond donors (Lipinski definition) is 1. The zero-order valence-electron chi connectivity index (χ0n) is 13.9. The number of benzene rings is 1. The summed E-state index contributed by atoms with van der Waals surface area (Å²) in [7, 11) is 1.71. The van der Waals surface area contributed by atoms with E-state index in [9.17, 15) is 18.0 Å². The van der Waals surface area contributed by atoms with Gasteiger partial charge < -0.3 is 9.63 Å². The molecule has 2 unspecified atom stereocenters. The summed E-state index contributed by atoms with van der Waals surface area (Å²) >= 11 is 0. The summed E-state index contributed by atoms with van der Waals surface area (Å²) in [6, 6.07) is 4.28. The molecule has 136 valence electrons. The first-order chi connectivity index (χ1) is 11.6. The molecule has 0 fully saturated rings. The molecule has 0 saturated carbocycles. The minimum absolute atomic E-state index is 0.0487. The molecule has 2 atom stereocenters. The van der Waals surface area contributed by atoms with Crippen LogP contribution in [-0.2, 0) is 11.0 Å². The molecule has 0 aliphatic rings. The SMILES string of the molecule is CC(CN(C)C(C)c1nc(-c2cccc(C(F)(F)F)c2)no1)C(=O)O. The monoisotopic (exact) mass is 357 g/mol. The highest BCUT2D eigenvalue weighted by Gasteiger charge is 2.31. The smallest absolute Gasteiger partial charge is 0.416 e. The van der Waals surface area contributed by atoms with Crippen LogP contribution in [0.5, 0.6) is 0 Å². The largest absolute Gasteiger partial charge is 0.481 e. The maximum absolute atomic E-state index is 12.8. The second-order valence-corrected chi connectivity index (χ2v) is 5.89. The van der Waals surface area contributed by atoms with E-state index in [1.807, 2.05) is 0 Å². The molecule has 2 aromatic rings. The van der Waals surface area contributed by atoms with Gasteiger partial charge in [0, 0.05) is 12.1 Å². The Kier molecular flexibility index (Phi) is 5.46. The number of rotatable bonds is 6. The Morgan fingerprint density at radius 1 is 1.36 bits per heavy atom. The molecule has 0 radical (unpaired) electrons. The van der Waals surface area contributed by atoms with Crippen LogP contribution < -0.4 is 0 Å². The fraction of sp³-hybridized carbons (Fsp3) is 0.438. The summed E-state index contributed by atoms with van der Waals surface area (Å²) in [5, 5.41) is 12.7. The van der Waals surface area contributed by atoms with Crippen LogP contribution in [-0.4, -0.2) is 39.7 Å². The lowest BCUT2D eigenvalue weighted by Crippen LogP contribution is -2.30. The Morgan fingerprint density at radius 3 is 2.64 bits per heavy atom. The van der Waals surface area contributed by atoms with Crippen molar-refractivity contribution in [1.29, 1.82) is 0 Å². The van der Waals surface area contributed by atoms with Crippen molar-refractivity contribution >= 4 is 5.97 Å². The minimum Gasteiger partial charge on any atom is -0.481 e. The molecular weight excluding hydrogens is 339 g/mol. The van der Waals surface area contributed by atoms with Gasteiger partial charge in [-0.05, 0) is 26.1 Å². The summed E-state index contributed by atoms with van der Waals surface area (Å²) in [6.07, 6.45) is -4.46. The minimum atomic E-state index is -4.46. The van der Waals surface area contributed by atoms with Crippen molar-refractivity contribution < 1.29 is 27.6 Å². The standard InChI is InChI=1S/C16H18F3N3O3/c1-9(15(23)24)8-22(3)10(2)14-20-13(21-25-14)11-5-4-6-12(7-11)16(17,18)19/h4-7,9-10H,8H2,1-3H3,(H,23,24). The van der Waals surface area contributed by atoms with Gasteiger partial charge in [-0.25, -0.2) is 0 Å². The highest BCUT2D eigenvalue weighted by Crippen LogP contribution is 2.31. The van der Waals surface area contributed by atoms with Gasteiger partial charge in [-0.3, -0.25) is 9.69 Å². The molecule has 0 bridgehead atoms. The van der Waals surface area contributed by atoms with Crippen LogP contribution in [0.4, 0.5) is 13.2 Å². The van der Waals surface area contributed by atoms with Gasteiger partial charge in [0.25, 0.3) is 0 Å². The third kappa shape index (κ3) is 4.56. The van der Waals surface area contributed by atoms with Crippen LogP contribution in [0.1, 0.15) is 31.3 Å². The average molecular weight is 357 g/mol. The first kappa shape index (κ1) is 18.9. The quantitative estimate of drug-likeness (QED) is 0.853. The number of halogens is 3. The molecule has 2 rings (SSSR count). The number of aromatic nitrogens is 2. The Bertz CT molecular complexity index is 745. The normalized spacial score (nSPS) is 14.5. The van der Waals surface area contributed by atoms with E-state index in [1.165, 1.54) is 12.1 Å². The van der Waals surface area contributed by atoms with Crippen molar-refractivity contribution in [3.8, 4) is 11.4 Å². The lowest BCUT2D eigenvalue weighted by molar-refractivity contribution is -0.142. The van der Waals surface area contributed by atoms with E-state index in [4.69, 9.17) is 9.63 Å². The second-order valence-electron chi connectivity index (χ2n) is 5.89. The van der Waals surface area contributed by atoms with E-state index in [-0.39, 0.29) is 29.9 Å². The van der Waals surface area contributed by atoms with Gasteiger partial charge in [0.05, 0.1) is 17.5 Å². The van der Waals surface area contributed by atoms with Crippen LogP contribution >= 0.6 is 0 Å². The van der Waals surface area contributed by atoms with Crippen LogP contribution in [0.15, 0.2) is 28.8 Å². The Hall–Kier alpha value is -2.42. The van der Waals surface area contributed by atoms with E-state index in [0.717, 1.165) is 12.1 Å². The maximum atomic E-state index is 12.8. The van der Waals surface area contributed by atoms with Gasteiger partial charge in [-0.1, -0.05) is 24.2 Å². The molecule has 0 saturated heterocycles. The number of alkyl halides is 3. The molecule has 0 aliphatic heterocycles. The van der Waals surface area contributed by atoms with Crippen molar-refractivity contribution in [2.24, 2.45) is 5.92 Å². The van der Waals surface area contributed by atoms with Gasteiger partial charge in [0.2, 0.25) is 11.7 Å². The molecule has 6 nitrogen and oxygen atoms in total. The fourth-order valence-corrected chi connectivity index (χ4v) is 2.21. The Balaban J connectivity index is 2.18. The zero-order chi connectivity index (χ0) is 18.8. The second kappa shape index (κ2) is 7.22. The molecule has 1 heterocycles. The summed E-state index contributed by atoms with van der Waals surface area (Å²) < 4.78 is 43.5. The molecule has 25 heavy (non-hydrogen) atoms. The van der Waals surface area contributed by atoms with Crippen LogP contribution in [0.3, 0.4) is 0 Å². The highest BCUT2D eigenvalue weighted by atomic mass is 19.4. The third-order valence-corrected chi connectivity index (χ3v) is 3.89. The van der Waals surface area contributed by atoms with Crippen molar-refractivity contribution in [3.63, 3.8) is 0 Å². The highest BCUT2D eigenvalue weighted by molar-refractivity contribution is 5.69. The third-order valence-electron chi connectivity index (χ3n) is 3.89. The summed E-state index contributed by atoms with van der Waals surface area (Å²) in [4.78, 5) is 16.8. The number of aliphatic carboxylic acids is 1. The lowest BCUT2D eigenvalue weighted by Gasteiger charge is -2.23. The van der Waals surface area contributed by atoms with Gasteiger partial charge in [-0.2, -0.15) is 18.2 Å². The van der Waals surface area contributed by atoms with E-state index < -0.39 is 23.6 Å². The molecule has 1 aromatic heterocycles. The lowest BCUT2D eigenvalue weighted by atomic mass is 10.1. The van der Waals surface area contributed by atoms with Crippen LogP contribution in [0, 0.1) is 5.92 Å². The van der Waals surface area contributed by atoms with Crippen molar-refractivity contribution in [3.05, 3.63) is 35.7 Å². The van der Waals surface area contributed by atoms with Crippen LogP contribution in [0.2, 0.25) is 0 Å². The number of carboxylic acids is 1. The molecule has 1 N–H and O–H groups in total. The van der Waals surface area contributed by atoms with Crippen molar-refractivity contribution in [2.45, 2.75) is 26.1 Å². The Morgan fingerprint density at radius 2 is 2.04 bits per heavy atom. The number of carboxylic acid groups (broad SMARTS) is 1. The maximum Gasteiger partial charge on any atom is 0.416 e. The van der Waals surface area contributed by atoms with Gasteiger partial charge in [0.15, 0.2) is 0 Å². The molecule has 9 heteroatoms. The van der Waals surface area contributed by atoms with Crippen LogP contribution in [0.25, 0.3) is 11.4 Å². The van der Waals surface area contributed by atoms with Crippen molar-refractivity contribution in [1.82, 2.24) is 15.0 Å². The topological polar surface area (TPSA) is 79.5 Å². The molecule has 0 amide bonds. The predicted octanol–water partition coefficient (Wildman–Crippen LogP) is 3.47. The van der Waals surface area contributed by atoms with E-state index in [2.05, 4.69) is 10.1 Å². The van der Waals surface area contributed by atoms with E-state index in [1.54, 1.807) is 25.8 Å². The molecule has 0 spiro atoms. The number of carbonyl (C=O) groups is 1.